The second-order valence-electron chi connectivity index (χ2n) is 5.30. The smallest absolute Gasteiger partial charge is 0.225 e. The van der Waals surface area contributed by atoms with E-state index < -0.39 is 0 Å². The van der Waals surface area contributed by atoms with Gasteiger partial charge in [-0.15, -0.1) is 0 Å². The van der Waals surface area contributed by atoms with Gasteiger partial charge in [0.25, 0.3) is 0 Å². The minimum atomic E-state index is -0.324. The average molecular weight is 303 g/mol. The number of H-pyrrole nitrogens is 1. The number of rotatable bonds is 5. The van der Waals surface area contributed by atoms with Gasteiger partial charge in [0, 0.05) is 16.8 Å². The minimum absolute atomic E-state index is 0.123. The first-order chi connectivity index (χ1) is 10.4. The number of aryl methyl sites for hydroxylation is 2. The lowest BCUT2D eigenvalue weighted by molar-refractivity contribution is -0.121. The van der Waals surface area contributed by atoms with Crippen molar-refractivity contribution in [1.82, 2.24) is 15.5 Å². The lowest BCUT2D eigenvalue weighted by Gasteiger charge is -2.16. The topological polar surface area (TPSA) is 87.2 Å². The monoisotopic (exact) mass is 303 g/mol. The summed E-state index contributed by atoms with van der Waals surface area (Å²) in [6.07, 6.45) is 0.253. The molecule has 0 spiro atoms. The van der Waals surface area contributed by atoms with E-state index in [4.69, 9.17) is 4.74 Å². The number of phenols is 1. The van der Waals surface area contributed by atoms with E-state index in [0.29, 0.717) is 11.3 Å². The second-order valence-corrected chi connectivity index (χ2v) is 5.30. The third-order valence-corrected chi connectivity index (χ3v) is 3.70. The summed E-state index contributed by atoms with van der Waals surface area (Å²) in [7, 11) is 1.56. The van der Waals surface area contributed by atoms with E-state index >= 15 is 0 Å². The standard InChI is InChI=1S/C16H21N3O3/c1-9(14-7-12(22-4)5-6-15(14)20)17-16(21)8-13-10(2)18-19-11(13)3/h5-7,9,20H,8H2,1-4H3,(H,17,21)(H,18,19). The van der Waals surface area contributed by atoms with Gasteiger partial charge < -0.3 is 15.2 Å². The average Bonchev–Trinajstić information content (AvgIpc) is 2.79. The van der Waals surface area contributed by atoms with Crippen molar-refractivity contribution in [2.75, 3.05) is 7.11 Å². The summed E-state index contributed by atoms with van der Waals surface area (Å²) < 4.78 is 5.15. The molecule has 0 aliphatic heterocycles. The number of aromatic amines is 1. The van der Waals surface area contributed by atoms with E-state index in [9.17, 15) is 9.90 Å². The van der Waals surface area contributed by atoms with Gasteiger partial charge in [0.15, 0.2) is 0 Å². The van der Waals surface area contributed by atoms with Gasteiger partial charge in [0.2, 0.25) is 5.91 Å². The number of hydrogen-bond donors (Lipinski definition) is 3. The second kappa shape index (κ2) is 6.51. The van der Waals surface area contributed by atoms with E-state index in [2.05, 4.69) is 15.5 Å². The Balaban J connectivity index is 2.08. The van der Waals surface area contributed by atoms with E-state index in [0.717, 1.165) is 17.0 Å². The van der Waals surface area contributed by atoms with Crippen LogP contribution in [0, 0.1) is 13.8 Å². The maximum Gasteiger partial charge on any atom is 0.225 e. The lowest BCUT2D eigenvalue weighted by Crippen LogP contribution is -2.28. The molecule has 0 saturated carbocycles. The molecule has 1 aromatic carbocycles. The highest BCUT2D eigenvalue weighted by molar-refractivity contribution is 5.79. The van der Waals surface area contributed by atoms with Crippen LogP contribution in [0.4, 0.5) is 0 Å². The summed E-state index contributed by atoms with van der Waals surface area (Å²) in [6.45, 7) is 5.57. The molecule has 0 bridgehead atoms. The zero-order valence-corrected chi connectivity index (χ0v) is 13.2. The van der Waals surface area contributed by atoms with Crippen LogP contribution in [0.3, 0.4) is 0 Å². The van der Waals surface area contributed by atoms with Gasteiger partial charge in [-0.1, -0.05) is 0 Å². The molecule has 1 aromatic heterocycles. The third kappa shape index (κ3) is 3.39. The highest BCUT2D eigenvalue weighted by atomic mass is 16.5. The molecule has 6 heteroatoms. The van der Waals surface area contributed by atoms with Crippen molar-refractivity contribution in [3.8, 4) is 11.5 Å². The van der Waals surface area contributed by atoms with Gasteiger partial charge >= 0.3 is 0 Å². The van der Waals surface area contributed by atoms with Gasteiger partial charge in [-0.3, -0.25) is 9.89 Å². The molecule has 0 radical (unpaired) electrons. The van der Waals surface area contributed by atoms with E-state index in [-0.39, 0.29) is 24.1 Å². The maximum absolute atomic E-state index is 12.2. The van der Waals surface area contributed by atoms with Crippen LogP contribution in [0.25, 0.3) is 0 Å². The summed E-state index contributed by atoms with van der Waals surface area (Å²) in [4.78, 5) is 12.2. The van der Waals surface area contributed by atoms with Crippen molar-refractivity contribution < 1.29 is 14.6 Å². The van der Waals surface area contributed by atoms with E-state index in [1.54, 1.807) is 25.3 Å². The molecule has 22 heavy (non-hydrogen) atoms. The fraction of sp³-hybridized carbons (Fsp3) is 0.375. The van der Waals surface area contributed by atoms with Gasteiger partial charge in [0.1, 0.15) is 11.5 Å². The normalized spacial score (nSPS) is 12.0. The SMILES string of the molecule is COc1ccc(O)c(C(C)NC(=O)Cc2c(C)n[nH]c2C)c1. The Morgan fingerprint density at radius 2 is 2.18 bits per heavy atom. The molecule has 6 nitrogen and oxygen atoms in total. The molecule has 1 unspecified atom stereocenters. The molecule has 0 fully saturated rings. The number of benzene rings is 1. The van der Waals surface area contributed by atoms with Crippen molar-refractivity contribution in [1.29, 1.82) is 0 Å². The van der Waals surface area contributed by atoms with Crippen molar-refractivity contribution >= 4 is 5.91 Å². The van der Waals surface area contributed by atoms with Crippen molar-refractivity contribution in [2.24, 2.45) is 0 Å². The third-order valence-electron chi connectivity index (χ3n) is 3.70. The number of nitrogens with one attached hydrogen (secondary N) is 2. The van der Waals surface area contributed by atoms with Crippen molar-refractivity contribution in [2.45, 2.75) is 33.2 Å². The number of aromatic nitrogens is 2. The van der Waals surface area contributed by atoms with Crippen LogP contribution < -0.4 is 10.1 Å². The number of ether oxygens (including phenoxy) is 1. The molecule has 0 saturated heterocycles. The number of carbonyl (C=O) groups excluding carboxylic acids is 1. The Bertz CT molecular complexity index is 660. The lowest BCUT2D eigenvalue weighted by atomic mass is 10.1. The molecule has 1 atom stereocenters. The number of nitrogens with zero attached hydrogens (tertiary/aromatic N) is 1. The highest BCUT2D eigenvalue weighted by Crippen LogP contribution is 2.28. The Morgan fingerprint density at radius 3 is 2.77 bits per heavy atom. The quantitative estimate of drug-likeness (QED) is 0.790. The minimum Gasteiger partial charge on any atom is -0.508 e. The predicted octanol–water partition coefficient (Wildman–Crippen LogP) is 2.16. The molecule has 1 amide bonds. The first-order valence-corrected chi connectivity index (χ1v) is 7.09. The Labute approximate surface area is 129 Å². The molecule has 0 aliphatic carbocycles. The predicted molar refractivity (Wildman–Crippen MR) is 83.0 cm³/mol. The van der Waals surface area contributed by atoms with Crippen LogP contribution in [0.15, 0.2) is 18.2 Å². The first-order valence-electron chi connectivity index (χ1n) is 7.09. The molecule has 2 rings (SSSR count). The van der Waals surface area contributed by atoms with Crippen molar-refractivity contribution in [3.63, 3.8) is 0 Å². The summed E-state index contributed by atoms with van der Waals surface area (Å²) >= 11 is 0. The van der Waals surface area contributed by atoms with Gasteiger partial charge in [0.05, 0.1) is 25.3 Å². The molecular weight excluding hydrogens is 282 g/mol. The van der Waals surface area contributed by atoms with Crippen LogP contribution >= 0.6 is 0 Å². The van der Waals surface area contributed by atoms with Gasteiger partial charge in [-0.25, -0.2) is 0 Å². The number of phenolic OH excluding ortho intramolecular Hbond substituents is 1. The molecule has 1 heterocycles. The molecule has 0 aliphatic rings. The number of aromatic hydroxyl groups is 1. The maximum atomic E-state index is 12.2. The number of carbonyl (C=O) groups is 1. The van der Waals surface area contributed by atoms with Crippen LogP contribution in [0.2, 0.25) is 0 Å². The highest BCUT2D eigenvalue weighted by Gasteiger charge is 2.16. The van der Waals surface area contributed by atoms with E-state index in [1.165, 1.54) is 0 Å². The van der Waals surface area contributed by atoms with Gasteiger partial charge in [-0.05, 0) is 39.0 Å². The van der Waals surface area contributed by atoms with Crippen molar-refractivity contribution in [3.05, 3.63) is 40.7 Å². The summed E-state index contributed by atoms with van der Waals surface area (Å²) in [5.41, 5.74) is 3.24. The fourth-order valence-corrected chi connectivity index (χ4v) is 2.37. The summed E-state index contributed by atoms with van der Waals surface area (Å²) in [5, 5.41) is 19.8. The molecule has 3 N–H and O–H groups in total. The van der Waals surface area contributed by atoms with Crippen LogP contribution in [0.5, 0.6) is 11.5 Å². The van der Waals surface area contributed by atoms with E-state index in [1.807, 2.05) is 20.8 Å². The molecule has 118 valence electrons. The summed E-state index contributed by atoms with van der Waals surface area (Å²) in [6, 6.07) is 4.62. The number of amides is 1. The zero-order chi connectivity index (χ0) is 16.3. The van der Waals surface area contributed by atoms with Gasteiger partial charge in [-0.2, -0.15) is 5.10 Å². The number of methoxy groups -OCH3 is 1. The Kier molecular flexibility index (Phi) is 4.70. The molecule has 2 aromatic rings. The first kappa shape index (κ1) is 15.9. The van der Waals surface area contributed by atoms with Crippen LogP contribution in [-0.4, -0.2) is 28.3 Å². The van der Waals surface area contributed by atoms with Crippen LogP contribution in [0.1, 0.15) is 35.5 Å². The summed E-state index contributed by atoms with van der Waals surface area (Å²) in [5.74, 6) is 0.641. The van der Waals surface area contributed by atoms with Crippen LogP contribution in [-0.2, 0) is 11.2 Å². The largest absolute Gasteiger partial charge is 0.508 e. The Hall–Kier alpha value is -2.50. The zero-order valence-electron chi connectivity index (χ0n) is 13.2. The fourth-order valence-electron chi connectivity index (χ4n) is 2.37. The number of hydrogen-bond acceptors (Lipinski definition) is 4. The Morgan fingerprint density at radius 1 is 1.45 bits per heavy atom. The molecular formula is C16H21N3O3.